The predicted octanol–water partition coefficient (Wildman–Crippen LogP) is -0.906. The van der Waals surface area contributed by atoms with Crippen molar-refractivity contribution in [3.8, 4) is 0 Å². The van der Waals surface area contributed by atoms with Crippen LogP contribution >= 0.6 is 0 Å². The normalized spacial score (nSPS) is 17.0. The second-order valence-corrected chi connectivity index (χ2v) is 6.36. The monoisotopic (exact) mass is 333 g/mol. The Kier molecular flexibility index (Phi) is 8.71. The summed E-state index contributed by atoms with van der Waals surface area (Å²) >= 11 is 0. The number of pyridine rings is 1. The number of carbonyl (C=O) groups is 1. The Bertz CT molecular complexity index is 469. The molecule has 0 bridgehead atoms. The van der Waals surface area contributed by atoms with Crippen LogP contribution in [0.3, 0.4) is 0 Å². The van der Waals surface area contributed by atoms with Gasteiger partial charge >= 0.3 is 57.5 Å². The second-order valence-electron chi connectivity index (χ2n) is 6.36. The van der Waals surface area contributed by atoms with Gasteiger partial charge < -0.3 is 20.8 Å². The standard InChI is InChI=1S/C15H23N3O2.K.H2O/c1-14(2,3)20-13(19)18-10-6-15(16,7-11-18)12-4-8-17-9-5-12;;/h4-5,8-9H,6-7,10-11,16H2,1-3H3;;1H2/q;+1;/p-1. The molecule has 0 aliphatic carbocycles. The molecule has 1 fully saturated rings. The van der Waals surface area contributed by atoms with E-state index in [0.717, 1.165) is 18.4 Å². The fourth-order valence-corrected chi connectivity index (χ4v) is 2.39. The smallest absolute Gasteiger partial charge is 0.870 e. The van der Waals surface area contributed by atoms with Gasteiger partial charge in [0.2, 0.25) is 0 Å². The van der Waals surface area contributed by atoms with E-state index in [2.05, 4.69) is 4.98 Å². The molecule has 0 aromatic carbocycles. The van der Waals surface area contributed by atoms with Crippen molar-refractivity contribution in [2.45, 2.75) is 44.8 Å². The topological polar surface area (TPSA) is 98.5 Å². The van der Waals surface area contributed by atoms with E-state index in [9.17, 15) is 4.79 Å². The minimum absolute atomic E-state index is 0. The summed E-state index contributed by atoms with van der Waals surface area (Å²) in [6.07, 6.45) is 4.72. The van der Waals surface area contributed by atoms with Gasteiger partial charge in [0.05, 0.1) is 0 Å². The first-order valence-corrected chi connectivity index (χ1v) is 6.97. The first kappa shape index (κ1) is 22.0. The summed E-state index contributed by atoms with van der Waals surface area (Å²) in [6.45, 7) is 6.86. The van der Waals surface area contributed by atoms with E-state index in [4.69, 9.17) is 10.5 Å². The maximum absolute atomic E-state index is 12.0. The number of carbonyl (C=O) groups excluding carboxylic acids is 1. The Morgan fingerprint density at radius 2 is 1.77 bits per heavy atom. The average Bonchev–Trinajstić information content (AvgIpc) is 2.38. The molecular weight excluding hydrogens is 309 g/mol. The van der Waals surface area contributed by atoms with Crippen LogP contribution in [0.4, 0.5) is 4.79 Å². The number of ether oxygens (including phenoxy) is 1. The Morgan fingerprint density at radius 3 is 2.23 bits per heavy atom. The third-order valence-electron chi connectivity index (χ3n) is 3.56. The third kappa shape index (κ3) is 5.88. The summed E-state index contributed by atoms with van der Waals surface area (Å²) in [4.78, 5) is 17.8. The zero-order chi connectivity index (χ0) is 14.8. The van der Waals surface area contributed by atoms with Crippen LogP contribution in [-0.2, 0) is 10.3 Å². The van der Waals surface area contributed by atoms with Gasteiger partial charge in [-0.1, -0.05) is 0 Å². The molecule has 2 rings (SSSR count). The SMILES string of the molecule is CC(C)(C)OC(=O)N1CCC(N)(c2ccncc2)CC1.[K+].[OH-]. The van der Waals surface area contributed by atoms with Crippen molar-refractivity contribution < 1.29 is 66.4 Å². The van der Waals surface area contributed by atoms with Crippen molar-refractivity contribution in [3.05, 3.63) is 30.1 Å². The van der Waals surface area contributed by atoms with Crippen LogP contribution in [-0.4, -0.2) is 40.1 Å². The predicted molar refractivity (Wildman–Crippen MR) is 79.1 cm³/mol. The Balaban J connectivity index is 0.00000220. The molecule has 1 saturated heterocycles. The zero-order valence-electron chi connectivity index (χ0n) is 13.9. The van der Waals surface area contributed by atoms with Crippen LogP contribution in [0.1, 0.15) is 39.2 Å². The van der Waals surface area contributed by atoms with Crippen LogP contribution in [0.5, 0.6) is 0 Å². The van der Waals surface area contributed by atoms with E-state index >= 15 is 0 Å². The number of piperidine rings is 1. The van der Waals surface area contributed by atoms with Crippen LogP contribution in [0.2, 0.25) is 0 Å². The molecule has 7 heteroatoms. The molecule has 2 heterocycles. The minimum atomic E-state index is -0.459. The molecule has 0 atom stereocenters. The molecule has 0 spiro atoms. The van der Waals surface area contributed by atoms with Crippen molar-refractivity contribution in [2.75, 3.05) is 13.1 Å². The average molecular weight is 333 g/mol. The minimum Gasteiger partial charge on any atom is -0.870 e. The first-order chi connectivity index (χ1) is 9.30. The Morgan fingerprint density at radius 1 is 1.27 bits per heavy atom. The summed E-state index contributed by atoms with van der Waals surface area (Å²) < 4.78 is 5.39. The van der Waals surface area contributed by atoms with Crippen LogP contribution in [0, 0.1) is 0 Å². The second kappa shape index (κ2) is 8.72. The molecule has 6 nitrogen and oxygen atoms in total. The number of nitrogens with two attached hydrogens (primary N) is 1. The van der Waals surface area contributed by atoms with E-state index in [-0.39, 0.29) is 68.5 Å². The molecule has 3 N–H and O–H groups in total. The molecule has 22 heavy (non-hydrogen) atoms. The van der Waals surface area contributed by atoms with E-state index < -0.39 is 5.60 Å². The van der Waals surface area contributed by atoms with Gasteiger partial charge in [0, 0.05) is 31.0 Å². The Hall–Kier alpha value is -0.0236. The van der Waals surface area contributed by atoms with Crippen LogP contribution < -0.4 is 57.1 Å². The quantitative estimate of drug-likeness (QED) is 0.671. The summed E-state index contributed by atoms with van der Waals surface area (Å²) in [5, 5.41) is 0. The van der Waals surface area contributed by atoms with Crippen molar-refractivity contribution >= 4 is 6.09 Å². The summed E-state index contributed by atoms with van der Waals surface area (Å²) in [7, 11) is 0. The molecule has 0 unspecified atom stereocenters. The molecule has 1 aromatic rings. The number of rotatable bonds is 1. The van der Waals surface area contributed by atoms with E-state index in [1.54, 1.807) is 17.3 Å². The fraction of sp³-hybridized carbons (Fsp3) is 0.600. The molecule has 1 aliphatic heterocycles. The number of hydrogen-bond donors (Lipinski definition) is 1. The van der Waals surface area contributed by atoms with Crippen molar-refractivity contribution in [3.63, 3.8) is 0 Å². The van der Waals surface area contributed by atoms with Gasteiger partial charge in [0.25, 0.3) is 0 Å². The maximum Gasteiger partial charge on any atom is 1.00 e. The van der Waals surface area contributed by atoms with Crippen molar-refractivity contribution in [2.24, 2.45) is 5.73 Å². The van der Waals surface area contributed by atoms with Gasteiger partial charge in [-0.2, -0.15) is 0 Å². The molecule has 0 radical (unpaired) electrons. The van der Waals surface area contributed by atoms with Gasteiger partial charge in [0.1, 0.15) is 5.60 Å². The molecule has 118 valence electrons. The van der Waals surface area contributed by atoms with E-state index in [0.29, 0.717) is 13.1 Å². The molecule has 0 saturated carbocycles. The maximum atomic E-state index is 12.0. The van der Waals surface area contributed by atoms with Crippen molar-refractivity contribution in [1.29, 1.82) is 0 Å². The number of amides is 1. The van der Waals surface area contributed by atoms with Gasteiger partial charge in [-0.05, 0) is 51.3 Å². The number of nitrogens with zero attached hydrogens (tertiary/aromatic N) is 2. The fourth-order valence-electron chi connectivity index (χ4n) is 2.39. The van der Waals surface area contributed by atoms with E-state index in [1.165, 1.54) is 0 Å². The number of aromatic nitrogens is 1. The summed E-state index contributed by atoms with van der Waals surface area (Å²) in [5.41, 5.74) is 6.71. The number of likely N-dealkylation sites (tertiary alicyclic amines) is 1. The van der Waals surface area contributed by atoms with Gasteiger partial charge in [-0.25, -0.2) is 4.79 Å². The first-order valence-electron chi connectivity index (χ1n) is 6.97. The zero-order valence-corrected chi connectivity index (χ0v) is 17.0. The Labute approximate surface area is 174 Å². The van der Waals surface area contributed by atoms with Gasteiger partial charge in [-0.15, -0.1) is 0 Å². The van der Waals surface area contributed by atoms with Crippen LogP contribution in [0.15, 0.2) is 24.5 Å². The van der Waals surface area contributed by atoms with Gasteiger partial charge in [0.15, 0.2) is 0 Å². The molecule has 1 aliphatic rings. The molecular formula is C15H24KN3O3. The van der Waals surface area contributed by atoms with E-state index in [1.807, 2.05) is 32.9 Å². The largest absolute Gasteiger partial charge is 1.00 e. The van der Waals surface area contributed by atoms with Crippen molar-refractivity contribution in [1.82, 2.24) is 9.88 Å². The molecule has 1 aromatic heterocycles. The summed E-state index contributed by atoms with van der Waals surface area (Å²) in [6, 6.07) is 3.90. The molecule has 1 amide bonds. The number of hydrogen-bond acceptors (Lipinski definition) is 5. The van der Waals surface area contributed by atoms with Gasteiger partial charge in [-0.3, -0.25) is 4.98 Å². The summed E-state index contributed by atoms with van der Waals surface area (Å²) in [5.74, 6) is 0. The third-order valence-corrected chi connectivity index (χ3v) is 3.56. The van der Waals surface area contributed by atoms with Crippen LogP contribution in [0.25, 0.3) is 0 Å².